The molecule has 336 valence electrons. The molecule has 0 bridgehead atoms. The zero-order valence-electron chi connectivity index (χ0n) is 36.4. The number of phenols is 1. The third-order valence-corrected chi connectivity index (χ3v) is 10.6. The van der Waals surface area contributed by atoms with Crippen molar-refractivity contribution in [1.82, 2.24) is 0 Å². The van der Waals surface area contributed by atoms with E-state index in [9.17, 15) is 19.5 Å². The molecule has 12 nitrogen and oxygen atoms in total. The van der Waals surface area contributed by atoms with E-state index in [4.69, 9.17) is 29.1 Å². The molecule has 6 rings (SSSR count). The zero-order chi connectivity index (χ0) is 44.4. The van der Waals surface area contributed by atoms with Gasteiger partial charge in [-0.05, 0) is 105 Å². The smallest absolute Gasteiger partial charge is 0.183 e. The largest absolute Gasteiger partial charge is 0.508 e. The number of ketones is 1. The minimum atomic E-state index is -0.313. The Kier molecular flexibility index (Phi) is 20.0. The summed E-state index contributed by atoms with van der Waals surface area (Å²) in [5.74, 6) is 0.565. The lowest BCUT2D eigenvalue weighted by atomic mass is 9.89. The van der Waals surface area contributed by atoms with E-state index < -0.39 is 0 Å². The molecule has 0 saturated heterocycles. The Hall–Kier alpha value is -5.89. The highest BCUT2D eigenvalue weighted by atomic mass is 16.7. The number of benzene rings is 5. The fourth-order valence-corrected chi connectivity index (χ4v) is 7.30. The standard InChI is InChI=1S/C35H33NO6.C15H26N2O3.CH4/c1-3-36(26-9-6-24(22-37)7-10-26)16-18-41-17-4-5-32(40)25-8-13-29(23(2)19-25)35-30-14-11-27(38)20-33(30)42-34-21-28(39)12-15-31(34)35;1-4-17(10-12-20-11-9-16)14-7-5-13(6-8-14)15(18-2)19-3;/h6-15,19-22,38H,3-5,16-18H2,1-2H3;5-8,15H,4,9-12,16H2,1-3H3;1H4. The predicted octanol–water partition coefficient (Wildman–Crippen LogP) is 9.31. The fourth-order valence-electron chi connectivity index (χ4n) is 7.30. The van der Waals surface area contributed by atoms with Crippen LogP contribution in [0, 0.1) is 6.92 Å². The molecule has 3 N–H and O–H groups in total. The monoisotopic (exact) mass is 861 g/mol. The van der Waals surface area contributed by atoms with Crippen molar-refractivity contribution in [3.63, 3.8) is 0 Å². The molecule has 0 fully saturated rings. The van der Waals surface area contributed by atoms with Crippen LogP contribution in [0.25, 0.3) is 33.4 Å². The molecular weight excluding hydrogens is 799 g/mol. The van der Waals surface area contributed by atoms with Crippen LogP contribution in [0.5, 0.6) is 5.75 Å². The molecule has 0 radical (unpaired) electrons. The molecule has 0 aromatic heterocycles. The second-order valence-corrected chi connectivity index (χ2v) is 14.6. The van der Waals surface area contributed by atoms with Crippen LogP contribution >= 0.6 is 0 Å². The van der Waals surface area contributed by atoms with E-state index in [1.54, 1.807) is 44.6 Å². The maximum atomic E-state index is 13.0. The van der Waals surface area contributed by atoms with Gasteiger partial charge < -0.3 is 44.0 Å². The third-order valence-electron chi connectivity index (χ3n) is 10.6. The number of nitrogens with zero attached hydrogens (tertiary/aromatic N) is 2. The van der Waals surface area contributed by atoms with E-state index in [-0.39, 0.29) is 30.7 Å². The number of methoxy groups -OCH3 is 2. The zero-order valence-corrected chi connectivity index (χ0v) is 36.4. The van der Waals surface area contributed by atoms with Crippen molar-refractivity contribution in [1.29, 1.82) is 0 Å². The van der Waals surface area contributed by atoms with E-state index in [1.807, 2.05) is 49.4 Å². The van der Waals surface area contributed by atoms with Gasteiger partial charge in [-0.25, -0.2) is 0 Å². The predicted molar refractivity (Wildman–Crippen MR) is 253 cm³/mol. The second kappa shape index (κ2) is 25.3. The maximum Gasteiger partial charge on any atom is 0.183 e. The Morgan fingerprint density at radius 1 is 0.778 bits per heavy atom. The van der Waals surface area contributed by atoms with Crippen LogP contribution in [0.15, 0.2) is 112 Å². The summed E-state index contributed by atoms with van der Waals surface area (Å²) in [6.07, 6.45) is 1.52. The summed E-state index contributed by atoms with van der Waals surface area (Å²) < 4.78 is 27.7. The average molecular weight is 862 g/mol. The summed E-state index contributed by atoms with van der Waals surface area (Å²) >= 11 is 0. The van der Waals surface area contributed by atoms with E-state index in [0.717, 1.165) is 71.4 Å². The molecule has 0 saturated carbocycles. The summed E-state index contributed by atoms with van der Waals surface area (Å²) in [6, 6.07) is 31.0. The molecule has 4 aromatic rings. The third kappa shape index (κ3) is 13.6. The molecule has 0 atom stereocenters. The summed E-state index contributed by atoms with van der Waals surface area (Å²) in [4.78, 5) is 40.3. The lowest BCUT2D eigenvalue weighted by Gasteiger charge is -2.24. The number of rotatable bonds is 22. The Morgan fingerprint density at radius 2 is 1.40 bits per heavy atom. The first-order chi connectivity index (χ1) is 30.1. The van der Waals surface area contributed by atoms with Crippen molar-refractivity contribution in [2.45, 2.75) is 47.3 Å². The van der Waals surface area contributed by atoms with Gasteiger partial charge in [0.2, 0.25) is 0 Å². The minimum absolute atomic E-state index is 0. The number of ether oxygens (including phenoxy) is 4. The highest BCUT2D eigenvalue weighted by Gasteiger charge is 2.20. The van der Waals surface area contributed by atoms with E-state index in [2.05, 4.69) is 35.8 Å². The molecule has 0 spiro atoms. The van der Waals surface area contributed by atoms with Crippen molar-refractivity contribution in [3.8, 4) is 28.2 Å². The molecular formula is C51H63N3O9. The van der Waals surface area contributed by atoms with Crippen LogP contribution in [-0.4, -0.2) is 90.5 Å². The number of fused-ring (bicyclic) bond motifs is 2. The van der Waals surface area contributed by atoms with Crippen molar-refractivity contribution in [3.05, 3.63) is 136 Å². The Bertz CT molecular complexity index is 2360. The number of anilines is 2. The Labute approximate surface area is 371 Å². The highest BCUT2D eigenvalue weighted by Crippen LogP contribution is 2.42. The summed E-state index contributed by atoms with van der Waals surface area (Å²) in [7, 11) is 3.27. The van der Waals surface area contributed by atoms with E-state index >= 15 is 0 Å². The van der Waals surface area contributed by atoms with Crippen LogP contribution in [-0.2, 0) is 18.9 Å². The number of aldehydes is 1. The molecule has 1 aliphatic carbocycles. The number of carbonyl (C=O) groups excluding carboxylic acids is 2. The number of hydrogen-bond donors (Lipinski definition) is 2. The van der Waals surface area contributed by atoms with Gasteiger partial charge in [-0.2, -0.15) is 0 Å². The first-order valence-corrected chi connectivity index (χ1v) is 21.0. The molecule has 2 aliphatic rings. The van der Waals surface area contributed by atoms with Gasteiger partial charge in [0.05, 0.1) is 19.8 Å². The van der Waals surface area contributed by atoms with E-state index in [1.165, 1.54) is 23.9 Å². The van der Waals surface area contributed by atoms with E-state index in [0.29, 0.717) is 68.3 Å². The molecule has 4 aromatic carbocycles. The quantitative estimate of drug-likeness (QED) is 0.0220. The minimum Gasteiger partial charge on any atom is -0.508 e. The van der Waals surface area contributed by atoms with Crippen molar-refractivity contribution in [2.24, 2.45) is 5.73 Å². The molecule has 1 aliphatic heterocycles. The van der Waals surface area contributed by atoms with Gasteiger partial charge in [0.15, 0.2) is 17.5 Å². The van der Waals surface area contributed by atoms with Crippen molar-refractivity contribution >= 4 is 34.4 Å². The lowest BCUT2D eigenvalue weighted by molar-refractivity contribution is -0.106. The molecule has 1 heterocycles. The Balaban J connectivity index is 0.000000351. The second-order valence-electron chi connectivity index (χ2n) is 14.6. The normalized spacial score (nSPS) is 11.0. The van der Waals surface area contributed by atoms with Crippen LogP contribution in [0.3, 0.4) is 0 Å². The number of aromatic hydroxyl groups is 1. The molecule has 12 heteroatoms. The maximum absolute atomic E-state index is 13.0. The van der Waals surface area contributed by atoms with Crippen LogP contribution in [0.4, 0.5) is 11.4 Å². The molecule has 0 amide bonds. The number of carbonyl (C=O) groups is 2. The SMILES string of the molecule is C.CCN(CCOCCCC(=O)c1ccc(-c2c3ccc(=O)cc-3oc3cc(O)ccc23)c(C)c1)c1ccc(C=O)cc1.CCN(CCOCCN)c1ccc(C(OC)OC)cc1. The fraction of sp³-hybridized carbons (Fsp3) is 0.353. The van der Waals surface area contributed by atoms with Gasteiger partial charge in [-0.15, -0.1) is 0 Å². The van der Waals surface area contributed by atoms with Gasteiger partial charge in [-0.3, -0.25) is 14.4 Å². The summed E-state index contributed by atoms with van der Waals surface area (Å²) in [5, 5.41) is 10.8. The number of nitrogens with two attached hydrogens (primary N) is 1. The highest BCUT2D eigenvalue weighted by molar-refractivity contribution is 6.04. The number of likely N-dealkylation sites (N-methyl/N-ethyl adjacent to an activating group) is 2. The van der Waals surface area contributed by atoms with Crippen LogP contribution in [0.2, 0.25) is 0 Å². The number of Topliss-reactive ketones (excluding diaryl/α,β-unsaturated/α-hetero) is 1. The first-order valence-electron chi connectivity index (χ1n) is 21.0. The Morgan fingerprint density at radius 3 is 1.98 bits per heavy atom. The van der Waals surface area contributed by atoms with Crippen LogP contribution < -0.4 is 21.0 Å². The number of phenolic OH excluding ortho intramolecular Hbond substituents is 1. The van der Waals surface area contributed by atoms with Gasteiger partial charge in [-0.1, -0.05) is 31.7 Å². The van der Waals surface area contributed by atoms with Gasteiger partial charge in [0.1, 0.15) is 23.4 Å². The summed E-state index contributed by atoms with van der Waals surface area (Å²) in [5.41, 5.74) is 13.7. The molecule has 0 unspecified atom stereocenters. The topological polar surface area (TPSA) is 154 Å². The number of hydrogen-bond acceptors (Lipinski definition) is 12. The lowest BCUT2D eigenvalue weighted by Crippen LogP contribution is -2.27. The number of aryl methyl sites for hydroxylation is 1. The first kappa shape index (κ1) is 49.8. The van der Waals surface area contributed by atoms with Gasteiger partial charge >= 0.3 is 0 Å². The molecule has 63 heavy (non-hydrogen) atoms. The average Bonchev–Trinajstić information content (AvgIpc) is 3.29. The van der Waals surface area contributed by atoms with Crippen molar-refractivity contribution in [2.75, 3.05) is 83.2 Å². The summed E-state index contributed by atoms with van der Waals surface area (Å²) in [6.45, 7) is 12.4. The van der Waals surface area contributed by atoms with Gasteiger partial charge in [0.25, 0.3) is 0 Å². The van der Waals surface area contributed by atoms with Crippen molar-refractivity contribution < 1.29 is 38.1 Å². The van der Waals surface area contributed by atoms with Crippen LogP contribution in [0.1, 0.15) is 72.2 Å². The van der Waals surface area contributed by atoms with Gasteiger partial charge in [0, 0.05) is 117 Å².